The number of amides is 3. The number of nitriles is 1. The number of nitrogens with zero attached hydrogens (tertiary/aromatic N) is 2. The van der Waals surface area contributed by atoms with Crippen LogP contribution in [-0.4, -0.2) is 35.7 Å². The van der Waals surface area contributed by atoms with E-state index in [1.54, 1.807) is 41.3 Å². The Morgan fingerprint density at radius 2 is 1.77 bits per heavy atom. The van der Waals surface area contributed by atoms with Crippen LogP contribution in [0.15, 0.2) is 78.9 Å². The largest absolute Gasteiger partial charge is 0.479 e. The van der Waals surface area contributed by atoms with Gasteiger partial charge >= 0.3 is 12.0 Å². The maximum atomic E-state index is 13.5. The maximum absolute atomic E-state index is 13.5. The van der Waals surface area contributed by atoms with Gasteiger partial charge in [-0.15, -0.1) is 0 Å². The van der Waals surface area contributed by atoms with Crippen LogP contribution < -0.4 is 15.5 Å². The molecule has 0 saturated carbocycles. The molecule has 3 amide bonds. The van der Waals surface area contributed by atoms with Crippen LogP contribution in [0.5, 0.6) is 0 Å². The number of hydrogen-bond acceptors (Lipinski definition) is 4. The number of carboxylic acid groups (broad SMARTS) is 1. The Kier molecular flexibility index (Phi) is 9.26. The molecule has 3 aromatic carbocycles. The molecule has 1 aliphatic carbocycles. The lowest BCUT2D eigenvalue weighted by Gasteiger charge is -2.24. The first-order chi connectivity index (χ1) is 19.3. The number of allylic oxidation sites excluding steroid dienone is 2. The van der Waals surface area contributed by atoms with E-state index in [1.165, 1.54) is 24.1 Å². The number of urea groups is 1. The van der Waals surface area contributed by atoms with Crippen molar-refractivity contribution in [1.82, 2.24) is 5.32 Å². The highest BCUT2D eigenvalue weighted by molar-refractivity contribution is 6.02. The summed E-state index contributed by atoms with van der Waals surface area (Å²) in [5.74, 6) is -2.24. The van der Waals surface area contributed by atoms with Crippen LogP contribution in [0.4, 0.5) is 20.6 Å². The third kappa shape index (κ3) is 7.32. The number of carboxylic acids is 1. The first-order valence-electron chi connectivity index (χ1n) is 13.0. The minimum absolute atomic E-state index is 0.180. The van der Waals surface area contributed by atoms with Gasteiger partial charge in [-0.05, 0) is 84.8 Å². The molecule has 4 rings (SSSR count). The Bertz CT molecular complexity index is 1450. The van der Waals surface area contributed by atoms with Gasteiger partial charge in [-0.2, -0.15) is 5.26 Å². The third-order valence-electron chi connectivity index (χ3n) is 6.60. The number of aliphatic carboxylic acids is 1. The van der Waals surface area contributed by atoms with E-state index in [4.69, 9.17) is 5.11 Å². The highest BCUT2D eigenvalue weighted by Crippen LogP contribution is 2.29. The third-order valence-corrected chi connectivity index (χ3v) is 6.60. The minimum atomic E-state index is -2.19. The van der Waals surface area contributed by atoms with E-state index in [9.17, 15) is 24.0 Å². The fourth-order valence-electron chi connectivity index (χ4n) is 4.41. The lowest BCUT2D eigenvalue weighted by Crippen LogP contribution is -2.35. The lowest BCUT2D eigenvalue weighted by molar-refractivity contribution is -0.142. The summed E-state index contributed by atoms with van der Waals surface area (Å²) < 4.78 is 13.3. The van der Waals surface area contributed by atoms with Crippen molar-refractivity contribution in [1.29, 1.82) is 5.26 Å². The van der Waals surface area contributed by atoms with Crippen LogP contribution in [0, 0.1) is 11.3 Å². The maximum Gasteiger partial charge on any atom is 0.340 e. The molecule has 0 aromatic heterocycles. The molecule has 1 unspecified atom stereocenters. The van der Waals surface area contributed by atoms with Crippen molar-refractivity contribution >= 4 is 34.9 Å². The summed E-state index contributed by atoms with van der Waals surface area (Å²) in [5, 5.41) is 23.0. The van der Waals surface area contributed by atoms with Crippen LogP contribution in [0.1, 0.15) is 52.7 Å². The Morgan fingerprint density at radius 3 is 2.42 bits per heavy atom. The van der Waals surface area contributed by atoms with Gasteiger partial charge in [-0.3, -0.25) is 9.69 Å². The molecular weight excluding hydrogens is 511 g/mol. The number of nitrogens with one attached hydrogen (secondary N) is 2. The molecule has 0 radical (unpaired) electrons. The molecule has 0 saturated heterocycles. The normalized spacial score (nSPS) is 13.3. The van der Waals surface area contributed by atoms with E-state index in [-0.39, 0.29) is 12.1 Å². The van der Waals surface area contributed by atoms with Gasteiger partial charge in [0.05, 0.1) is 24.7 Å². The molecule has 0 aliphatic heterocycles. The standard InChI is InChI=1S/C31H29FN4O4/c32-28(30(38)39)19-34-29(37)25-11-9-21(10-12-25)20-36(31(40)35-26-8-4-5-22(17-26)18-33)27-15-13-24(14-16-27)23-6-2-1-3-7-23/h4-6,8-17,28H,1-3,7,19-20H2,(H,34,37)(H,35,40)(H,38,39). The molecule has 1 atom stereocenters. The van der Waals surface area contributed by atoms with Gasteiger partial charge in [-0.1, -0.05) is 36.4 Å². The summed E-state index contributed by atoms with van der Waals surface area (Å²) in [6.07, 6.45) is 4.52. The quantitative estimate of drug-likeness (QED) is 0.312. The second-order valence-corrected chi connectivity index (χ2v) is 9.44. The van der Waals surface area contributed by atoms with Crippen molar-refractivity contribution in [3.8, 4) is 6.07 Å². The van der Waals surface area contributed by atoms with Crippen molar-refractivity contribution in [2.75, 3.05) is 16.8 Å². The molecule has 204 valence electrons. The summed E-state index contributed by atoms with van der Waals surface area (Å²) in [6, 6.07) is 22.5. The van der Waals surface area contributed by atoms with Crippen LogP contribution in [-0.2, 0) is 11.3 Å². The zero-order valence-electron chi connectivity index (χ0n) is 21.8. The van der Waals surface area contributed by atoms with Gasteiger partial charge in [0.2, 0.25) is 6.17 Å². The Labute approximate surface area is 231 Å². The zero-order valence-corrected chi connectivity index (χ0v) is 21.8. The smallest absolute Gasteiger partial charge is 0.340 e. The van der Waals surface area contributed by atoms with Gasteiger partial charge in [0, 0.05) is 16.9 Å². The van der Waals surface area contributed by atoms with Gasteiger partial charge in [0.15, 0.2) is 0 Å². The first kappa shape index (κ1) is 28.0. The van der Waals surface area contributed by atoms with Crippen LogP contribution in [0.25, 0.3) is 5.57 Å². The fourth-order valence-corrected chi connectivity index (χ4v) is 4.41. The Hall–Kier alpha value is -4.97. The average Bonchev–Trinajstić information content (AvgIpc) is 2.99. The zero-order chi connectivity index (χ0) is 28.5. The summed E-state index contributed by atoms with van der Waals surface area (Å²) in [4.78, 5) is 37.9. The second kappa shape index (κ2) is 13.2. The van der Waals surface area contributed by atoms with Crippen LogP contribution in [0.3, 0.4) is 0 Å². The Morgan fingerprint density at radius 1 is 1.02 bits per heavy atom. The topological polar surface area (TPSA) is 123 Å². The highest BCUT2D eigenvalue weighted by Gasteiger charge is 2.19. The van der Waals surface area contributed by atoms with Crippen molar-refractivity contribution in [2.24, 2.45) is 0 Å². The highest BCUT2D eigenvalue weighted by atomic mass is 19.1. The molecule has 0 bridgehead atoms. The number of carbonyl (C=O) groups excluding carboxylic acids is 2. The predicted octanol–water partition coefficient (Wildman–Crippen LogP) is 5.91. The van der Waals surface area contributed by atoms with Crippen molar-refractivity contribution < 1.29 is 23.9 Å². The summed E-state index contributed by atoms with van der Waals surface area (Å²) >= 11 is 0. The monoisotopic (exact) mass is 540 g/mol. The van der Waals surface area contributed by atoms with E-state index in [1.807, 2.05) is 24.3 Å². The molecule has 0 fully saturated rings. The predicted molar refractivity (Wildman–Crippen MR) is 151 cm³/mol. The number of benzene rings is 3. The van der Waals surface area contributed by atoms with Gasteiger partial charge in [0.1, 0.15) is 0 Å². The van der Waals surface area contributed by atoms with Crippen molar-refractivity contribution in [3.05, 3.63) is 101 Å². The second-order valence-electron chi connectivity index (χ2n) is 9.44. The van der Waals surface area contributed by atoms with Crippen LogP contribution >= 0.6 is 0 Å². The molecule has 40 heavy (non-hydrogen) atoms. The van der Waals surface area contributed by atoms with Gasteiger partial charge in [0.25, 0.3) is 5.91 Å². The van der Waals surface area contributed by atoms with E-state index < -0.39 is 30.6 Å². The van der Waals surface area contributed by atoms with E-state index in [2.05, 4.69) is 22.8 Å². The van der Waals surface area contributed by atoms with E-state index >= 15 is 0 Å². The number of hydrogen-bond donors (Lipinski definition) is 3. The van der Waals surface area contributed by atoms with Crippen LogP contribution in [0.2, 0.25) is 0 Å². The van der Waals surface area contributed by atoms with E-state index in [0.29, 0.717) is 16.9 Å². The summed E-state index contributed by atoms with van der Waals surface area (Å²) in [7, 11) is 0. The molecule has 0 spiro atoms. The molecule has 0 heterocycles. The number of carbonyl (C=O) groups is 3. The number of halogens is 1. The van der Waals surface area contributed by atoms with Gasteiger partial charge in [-0.25, -0.2) is 14.0 Å². The lowest BCUT2D eigenvalue weighted by atomic mass is 9.93. The van der Waals surface area contributed by atoms with Crippen molar-refractivity contribution in [3.63, 3.8) is 0 Å². The number of alkyl halides is 1. The van der Waals surface area contributed by atoms with Gasteiger partial charge < -0.3 is 15.7 Å². The fraction of sp³-hybridized carbons (Fsp3) is 0.226. The Balaban J connectivity index is 1.53. The number of anilines is 2. The minimum Gasteiger partial charge on any atom is -0.479 e. The van der Waals surface area contributed by atoms with E-state index in [0.717, 1.165) is 30.4 Å². The first-order valence-corrected chi connectivity index (χ1v) is 13.0. The number of rotatable bonds is 9. The summed E-state index contributed by atoms with van der Waals surface area (Å²) in [5.41, 5.74) is 4.96. The molecule has 3 aromatic rings. The molecule has 1 aliphatic rings. The van der Waals surface area contributed by atoms with Crippen molar-refractivity contribution in [2.45, 2.75) is 38.4 Å². The molecule has 3 N–H and O–H groups in total. The molecule has 8 nitrogen and oxygen atoms in total. The molecule has 9 heteroatoms. The SMILES string of the molecule is N#Cc1cccc(NC(=O)N(Cc2ccc(C(=O)NCC(F)C(=O)O)cc2)c2ccc(C3=CCCCC3)cc2)c1. The average molecular weight is 541 g/mol. The summed E-state index contributed by atoms with van der Waals surface area (Å²) in [6.45, 7) is -0.455. The molecular formula is C31H29FN4O4.